The van der Waals surface area contributed by atoms with Crippen molar-refractivity contribution in [3.05, 3.63) is 75.9 Å². The summed E-state index contributed by atoms with van der Waals surface area (Å²) in [6.45, 7) is -1.53. The first-order chi connectivity index (χ1) is 14.6. The molecule has 0 unspecified atom stereocenters. The number of amides is 2. The SMILES string of the molecule is NC(=O)c1ccc(C(=O)NCC(F)(F)F)c(-c2ccc(Cl)c(-c3ccccn3)c2)c1Cl. The predicted molar refractivity (Wildman–Crippen MR) is 112 cm³/mol. The average Bonchev–Trinajstić information content (AvgIpc) is 2.72. The van der Waals surface area contributed by atoms with Crippen LogP contribution in [-0.2, 0) is 0 Å². The minimum absolute atomic E-state index is 0.0477. The molecule has 5 nitrogen and oxygen atoms in total. The third-order valence-electron chi connectivity index (χ3n) is 4.30. The summed E-state index contributed by atoms with van der Waals surface area (Å²) >= 11 is 12.7. The highest BCUT2D eigenvalue weighted by Crippen LogP contribution is 2.38. The van der Waals surface area contributed by atoms with E-state index >= 15 is 0 Å². The van der Waals surface area contributed by atoms with Gasteiger partial charge in [0.1, 0.15) is 6.54 Å². The van der Waals surface area contributed by atoms with Crippen molar-refractivity contribution in [1.82, 2.24) is 10.3 Å². The van der Waals surface area contributed by atoms with Gasteiger partial charge in [-0.2, -0.15) is 13.2 Å². The molecule has 2 amide bonds. The van der Waals surface area contributed by atoms with E-state index in [1.807, 2.05) is 0 Å². The zero-order chi connectivity index (χ0) is 22.8. The van der Waals surface area contributed by atoms with E-state index in [2.05, 4.69) is 4.98 Å². The van der Waals surface area contributed by atoms with Crippen molar-refractivity contribution < 1.29 is 22.8 Å². The molecule has 0 spiro atoms. The molecule has 1 aromatic heterocycles. The van der Waals surface area contributed by atoms with Crippen molar-refractivity contribution in [1.29, 1.82) is 0 Å². The van der Waals surface area contributed by atoms with Crippen LogP contribution in [0.4, 0.5) is 13.2 Å². The van der Waals surface area contributed by atoms with Crippen LogP contribution in [0, 0.1) is 0 Å². The molecule has 0 radical (unpaired) electrons. The minimum atomic E-state index is -4.60. The van der Waals surface area contributed by atoms with Gasteiger partial charge in [-0.25, -0.2) is 0 Å². The van der Waals surface area contributed by atoms with Gasteiger partial charge in [0.25, 0.3) is 5.91 Å². The van der Waals surface area contributed by atoms with Crippen molar-refractivity contribution in [2.75, 3.05) is 6.54 Å². The first-order valence-corrected chi connectivity index (χ1v) is 9.52. The molecular weight excluding hydrogens is 454 g/mol. The summed E-state index contributed by atoms with van der Waals surface area (Å²) in [4.78, 5) is 28.5. The van der Waals surface area contributed by atoms with Gasteiger partial charge >= 0.3 is 6.18 Å². The maximum Gasteiger partial charge on any atom is 0.405 e. The molecule has 0 fully saturated rings. The summed E-state index contributed by atoms with van der Waals surface area (Å²) in [6.07, 6.45) is -3.03. The van der Waals surface area contributed by atoms with Crippen molar-refractivity contribution >= 4 is 35.0 Å². The number of benzene rings is 2. The summed E-state index contributed by atoms with van der Waals surface area (Å²) in [7, 11) is 0. The van der Waals surface area contributed by atoms with Gasteiger partial charge in [-0.1, -0.05) is 35.3 Å². The summed E-state index contributed by atoms with van der Waals surface area (Å²) in [5, 5.41) is 1.99. The van der Waals surface area contributed by atoms with Gasteiger partial charge in [0.2, 0.25) is 5.91 Å². The van der Waals surface area contributed by atoms with Crippen LogP contribution in [0.2, 0.25) is 10.0 Å². The zero-order valence-electron chi connectivity index (χ0n) is 15.6. The summed E-state index contributed by atoms with van der Waals surface area (Å²) in [5.41, 5.74) is 6.52. The van der Waals surface area contributed by atoms with Crippen molar-refractivity contribution in [2.45, 2.75) is 6.18 Å². The lowest BCUT2D eigenvalue weighted by atomic mass is 9.94. The maximum atomic E-state index is 12.6. The van der Waals surface area contributed by atoms with Gasteiger partial charge in [0.05, 0.1) is 16.3 Å². The van der Waals surface area contributed by atoms with Crippen LogP contribution >= 0.6 is 23.2 Å². The molecule has 0 aliphatic carbocycles. The lowest BCUT2D eigenvalue weighted by Crippen LogP contribution is -2.34. The highest BCUT2D eigenvalue weighted by Gasteiger charge is 2.29. The second kappa shape index (κ2) is 8.95. The number of carbonyl (C=O) groups excluding carboxylic acids is 2. The standard InChI is InChI=1S/C21H14Cl2F3N3O2/c22-15-7-4-11(9-14(15)16-3-1-2-8-28-16)17-12(20(31)29-10-21(24,25)26)5-6-13(18(17)23)19(27)30/h1-9H,10H2,(H2,27,30)(H,29,31). The van der Waals surface area contributed by atoms with Gasteiger partial charge in [0, 0.05) is 27.9 Å². The smallest absolute Gasteiger partial charge is 0.366 e. The molecule has 0 saturated carbocycles. The highest BCUT2D eigenvalue weighted by molar-refractivity contribution is 6.37. The van der Waals surface area contributed by atoms with E-state index in [1.165, 1.54) is 24.3 Å². The first-order valence-electron chi connectivity index (χ1n) is 8.77. The molecule has 0 saturated heterocycles. The van der Waals surface area contributed by atoms with Gasteiger partial charge in [-0.05, 0) is 42.0 Å². The summed E-state index contributed by atoms with van der Waals surface area (Å²) < 4.78 is 37.7. The van der Waals surface area contributed by atoms with Crippen LogP contribution in [0.3, 0.4) is 0 Å². The molecule has 0 aliphatic rings. The lowest BCUT2D eigenvalue weighted by molar-refractivity contribution is -0.123. The normalized spacial score (nSPS) is 11.3. The molecular formula is C21H14Cl2F3N3O2. The van der Waals surface area contributed by atoms with Crippen molar-refractivity contribution in [2.24, 2.45) is 5.73 Å². The second-order valence-corrected chi connectivity index (χ2v) is 7.21. The third kappa shape index (κ3) is 5.15. The molecule has 10 heteroatoms. The summed E-state index contributed by atoms with van der Waals surface area (Å²) in [6, 6.07) is 12.2. The van der Waals surface area contributed by atoms with Crippen LogP contribution in [0.15, 0.2) is 54.7 Å². The fourth-order valence-electron chi connectivity index (χ4n) is 2.91. The Balaban J connectivity index is 2.18. The van der Waals surface area contributed by atoms with E-state index in [4.69, 9.17) is 28.9 Å². The Labute approximate surface area is 185 Å². The van der Waals surface area contributed by atoms with E-state index in [-0.39, 0.29) is 21.7 Å². The Bertz CT molecular complexity index is 1150. The minimum Gasteiger partial charge on any atom is -0.366 e. The van der Waals surface area contributed by atoms with Crippen LogP contribution in [0.1, 0.15) is 20.7 Å². The third-order valence-corrected chi connectivity index (χ3v) is 5.02. The molecule has 31 heavy (non-hydrogen) atoms. The van der Waals surface area contributed by atoms with E-state index < -0.39 is 24.5 Å². The molecule has 1 heterocycles. The number of hydrogen-bond acceptors (Lipinski definition) is 3. The molecule has 0 aliphatic heterocycles. The fourth-order valence-corrected chi connectivity index (χ4v) is 3.49. The number of nitrogens with one attached hydrogen (secondary N) is 1. The van der Waals surface area contributed by atoms with Crippen LogP contribution in [-0.4, -0.2) is 29.5 Å². The van der Waals surface area contributed by atoms with Gasteiger partial charge in [-0.3, -0.25) is 14.6 Å². The van der Waals surface area contributed by atoms with Gasteiger partial charge in [0.15, 0.2) is 0 Å². The Kier molecular flexibility index (Phi) is 6.52. The summed E-state index contributed by atoms with van der Waals surface area (Å²) in [5.74, 6) is -1.87. The molecule has 3 N–H and O–H groups in total. The van der Waals surface area contributed by atoms with Crippen molar-refractivity contribution in [3.8, 4) is 22.4 Å². The number of primary amides is 1. The Morgan fingerprint density at radius 1 is 1.03 bits per heavy atom. The Hall–Kier alpha value is -3.10. The Morgan fingerprint density at radius 2 is 1.74 bits per heavy atom. The largest absolute Gasteiger partial charge is 0.405 e. The monoisotopic (exact) mass is 467 g/mol. The molecule has 0 bridgehead atoms. The fraction of sp³-hybridized carbons (Fsp3) is 0.0952. The van der Waals surface area contributed by atoms with E-state index in [9.17, 15) is 22.8 Å². The number of aromatic nitrogens is 1. The molecule has 0 atom stereocenters. The number of nitrogens with zero attached hydrogens (tertiary/aromatic N) is 1. The van der Waals surface area contributed by atoms with Crippen LogP contribution in [0.5, 0.6) is 0 Å². The highest BCUT2D eigenvalue weighted by atomic mass is 35.5. The molecule has 3 rings (SSSR count). The molecule has 2 aromatic carbocycles. The van der Waals surface area contributed by atoms with Crippen LogP contribution in [0.25, 0.3) is 22.4 Å². The van der Waals surface area contributed by atoms with E-state index in [0.29, 0.717) is 21.8 Å². The predicted octanol–water partition coefficient (Wildman–Crippen LogP) is 5.11. The second-order valence-electron chi connectivity index (χ2n) is 6.42. The number of pyridine rings is 1. The van der Waals surface area contributed by atoms with E-state index in [0.717, 1.165) is 0 Å². The first kappa shape index (κ1) is 22.6. The van der Waals surface area contributed by atoms with Crippen LogP contribution < -0.4 is 11.1 Å². The number of carbonyl (C=O) groups is 2. The lowest BCUT2D eigenvalue weighted by Gasteiger charge is -2.16. The zero-order valence-corrected chi connectivity index (χ0v) is 17.1. The Morgan fingerprint density at radius 3 is 2.35 bits per heavy atom. The number of rotatable bonds is 5. The van der Waals surface area contributed by atoms with E-state index in [1.54, 1.807) is 35.8 Å². The van der Waals surface area contributed by atoms with Crippen molar-refractivity contribution in [3.63, 3.8) is 0 Å². The molecule has 160 valence electrons. The quantitative estimate of drug-likeness (QED) is 0.546. The number of hydrogen-bond donors (Lipinski definition) is 2. The average molecular weight is 468 g/mol. The maximum absolute atomic E-state index is 12.6. The number of nitrogens with two attached hydrogens (primary N) is 1. The van der Waals surface area contributed by atoms with Gasteiger partial charge in [-0.15, -0.1) is 0 Å². The molecule has 3 aromatic rings. The van der Waals surface area contributed by atoms with Gasteiger partial charge < -0.3 is 11.1 Å². The topological polar surface area (TPSA) is 85.1 Å². The number of alkyl halides is 3. The number of halogens is 5.